The van der Waals surface area contributed by atoms with Crippen molar-refractivity contribution < 1.29 is 9.59 Å². The fourth-order valence-corrected chi connectivity index (χ4v) is 1.39. The SMILES string of the molecule is C=CCCCC(=O)CCCCC(=O)CC. The zero-order valence-electron chi connectivity index (χ0n) is 9.76. The maximum absolute atomic E-state index is 11.3. The van der Waals surface area contributed by atoms with E-state index in [4.69, 9.17) is 0 Å². The van der Waals surface area contributed by atoms with Crippen molar-refractivity contribution in [3.05, 3.63) is 12.7 Å². The second-order valence-corrected chi connectivity index (χ2v) is 3.82. The van der Waals surface area contributed by atoms with Gasteiger partial charge < -0.3 is 0 Å². The van der Waals surface area contributed by atoms with Gasteiger partial charge in [-0.05, 0) is 25.7 Å². The molecule has 0 unspecified atom stereocenters. The molecule has 86 valence electrons. The Bertz CT molecular complexity index is 207. The van der Waals surface area contributed by atoms with Crippen LogP contribution in [0.15, 0.2) is 12.7 Å². The predicted octanol–water partition coefficient (Wildman–Crippen LogP) is 3.45. The lowest BCUT2D eigenvalue weighted by Gasteiger charge is -1.99. The van der Waals surface area contributed by atoms with Crippen molar-refractivity contribution >= 4 is 11.6 Å². The van der Waals surface area contributed by atoms with Gasteiger partial charge in [0, 0.05) is 25.7 Å². The van der Waals surface area contributed by atoms with Crippen molar-refractivity contribution in [2.24, 2.45) is 0 Å². The molecule has 0 aliphatic rings. The lowest BCUT2D eigenvalue weighted by Crippen LogP contribution is -1.99. The molecule has 0 atom stereocenters. The zero-order chi connectivity index (χ0) is 11.5. The minimum atomic E-state index is 0.300. The molecule has 0 saturated heterocycles. The monoisotopic (exact) mass is 210 g/mol. The molecule has 0 aromatic carbocycles. The van der Waals surface area contributed by atoms with Gasteiger partial charge in [0.25, 0.3) is 0 Å². The average Bonchev–Trinajstić information content (AvgIpc) is 2.24. The fourth-order valence-electron chi connectivity index (χ4n) is 1.39. The van der Waals surface area contributed by atoms with Crippen LogP contribution in [-0.2, 0) is 9.59 Å². The van der Waals surface area contributed by atoms with Gasteiger partial charge in [-0.1, -0.05) is 13.0 Å². The van der Waals surface area contributed by atoms with Crippen LogP contribution in [0.2, 0.25) is 0 Å². The molecular formula is C13H22O2. The first-order chi connectivity index (χ1) is 7.20. The summed E-state index contributed by atoms with van der Waals surface area (Å²) in [5, 5.41) is 0. The van der Waals surface area contributed by atoms with Gasteiger partial charge in [0.2, 0.25) is 0 Å². The van der Waals surface area contributed by atoms with Crippen molar-refractivity contribution in [3.63, 3.8) is 0 Å². The van der Waals surface area contributed by atoms with E-state index >= 15 is 0 Å². The highest BCUT2D eigenvalue weighted by atomic mass is 16.1. The number of carbonyl (C=O) groups is 2. The van der Waals surface area contributed by atoms with Gasteiger partial charge in [-0.2, -0.15) is 0 Å². The molecule has 15 heavy (non-hydrogen) atoms. The summed E-state index contributed by atoms with van der Waals surface area (Å²) < 4.78 is 0. The number of ketones is 2. The van der Waals surface area contributed by atoms with Crippen LogP contribution in [0.5, 0.6) is 0 Å². The molecule has 0 saturated carbocycles. The summed E-state index contributed by atoms with van der Waals surface area (Å²) >= 11 is 0. The first-order valence-electron chi connectivity index (χ1n) is 5.85. The largest absolute Gasteiger partial charge is 0.300 e. The van der Waals surface area contributed by atoms with Crippen molar-refractivity contribution in [1.29, 1.82) is 0 Å². The van der Waals surface area contributed by atoms with Crippen LogP contribution in [-0.4, -0.2) is 11.6 Å². The summed E-state index contributed by atoms with van der Waals surface area (Å²) in [5.41, 5.74) is 0. The molecule has 0 spiro atoms. The number of Topliss-reactive ketones (excluding diaryl/α,β-unsaturated/α-hetero) is 2. The summed E-state index contributed by atoms with van der Waals surface area (Å²) in [6, 6.07) is 0. The number of carbonyl (C=O) groups excluding carboxylic acids is 2. The van der Waals surface area contributed by atoms with Gasteiger partial charge in [0.1, 0.15) is 11.6 Å². The molecule has 0 bridgehead atoms. The second kappa shape index (κ2) is 9.63. The molecule has 0 heterocycles. The van der Waals surface area contributed by atoms with E-state index in [9.17, 15) is 9.59 Å². The highest BCUT2D eigenvalue weighted by Crippen LogP contribution is 2.06. The summed E-state index contributed by atoms with van der Waals surface area (Å²) in [6.07, 6.45) is 7.94. The van der Waals surface area contributed by atoms with E-state index in [1.165, 1.54) is 0 Å². The topological polar surface area (TPSA) is 34.1 Å². The molecular weight excluding hydrogens is 188 g/mol. The number of allylic oxidation sites excluding steroid dienone is 1. The molecule has 0 rings (SSSR count). The molecule has 0 aromatic rings. The summed E-state index contributed by atoms with van der Waals surface area (Å²) in [6.45, 7) is 5.49. The first kappa shape index (κ1) is 14.1. The van der Waals surface area contributed by atoms with Gasteiger partial charge in [0.05, 0.1) is 0 Å². The Balaban J connectivity index is 3.31. The molecule has 0 radical (unpaired) electrons. The van der Waals surface area contributed by atoms with E-state index in [-0.39, 0.29) is 0 Å². The second-order valence-electron chi connectivity index (χ2n) is 3.82. The maximum atomic E-state index is 11.3. The average molecular weight is 210 g/mol. The Morgan fingerprint density at radius 2 is 1.53 bits per heavy atom. The summed E-state index contributed by atoms with van der Waals surface area (Å²) in [4.78, 5) is 22.3. The molecule has 2 nitrogen and oxygen atoms in total. The number of unbranched alkanes of at least 4 members (excludes halogenated alkanes) is 2. The van der Waals surface area contributed by atoms with E-state index in [0.717, 1.165) is 25.7 Å². The fraction of sp³-hybridized carbons (Fsp3) is 0.692. The quantitative estimate of drug-likeness (QED) is 0.409. The molecule has 0 amide bonds. The van der Waals surface area contributed by atoms with Crippen LogP contribution < -0.4 is 0 Å². The van der Waals surface area contributed by atoms with Crippen molar-refractivity contribution in [2.45, 2.75) is 58.3 Å². The minimum absolute atomic E-state index is 0.300. The van der Waals surface area contributed by atoms with Crippen LogP contribution >= 0.6 is 0 Å². The van der Waals surface area contributed by atoms with Crippen molar-refractivity contribution in [3.8, 4) is 0 Å². The minimum Gasteiger partial charge on any atom is -0.300 e. The highest BCUT2D eigenvalue weighted by Gasteiger charge is 2.02. The van der Waals surface area contributed by atoms with E-state index in [0.29, 0.717) is 37.2 Å². The van der Waals surface area contributed by atoms with Crippen molar-refractivity contribution in [2.75, 3.05) is 0 Å². The lowest BCUT2D eigenvalue weighted by molar-refractivity contribution is -0.120. The van der Waals surface area contributed by atoms with Crippen LogP contribution in [0.3, 0.4) is 0 Å². The molecule has 0 aliphatic carbocycles. The smallest absolute Gasteiger partial charge is 0.132 e. The Labute approximate surface area is 92.8 Å². The third-order valence-corrected chi connectivity index (χ3v) is 2.42. The van der Waals surface area contributed by atoms with Gasteiger partial charge in [-0.15, -0.1) is 6.58 Å². The van der Waals surface area contributed by atoms with E-state index in [1.54, 1.807) is 0 Å². The standard InChI is InChI=1S/C13H22O2/c1-3-5-6-10-13(15)11-8-7-9-12(14)4-2/h3H,1,4-11H2,2H3. The summed E-state index contributed by atoms with van der Waals surface area (Å²) in [7, 11) is 0. The van der Waals surface area contributed by atoms with Crippen molar-refractivity contribution in [1.82, 2.24) is 0 Å². The van der Waals surface area contributed by atoms with E-state index < -0.39 is 0 Å². The van der Waals surface area contributed by atoms with Gasteiger partial charge >= 0.3 is 0 Å². The van der Waals surface area contributed by atoms with Gasteiger partial charge in [-0.3, -0.25) is 9.59 Å². The molecule has 2 heteroatoms. The maximum Gasteiger partial charge on any atom is 0.132 e. The first-order valence-corrected chi connectivity index (χ1v) is 5.85. The van der Waals surface area contributed by atoms with Gasteiger partial charge in [-0.25, -0.2) is 0 Å². The Kier molecular flexibility index (Phi) is 9.04. The lowest BCUT2D eigenvalue weighted by atomic mass is 10.0. The van der Waals surface area contributed by atoms with E-state index in [2.05, 4.69) is 6.58 Å². The number of hydrogen-bond acceptors (Lipinski definition) is 2. The third kappa shape index (κ3) is 9.39. The molecule has 0 aliphatic heterocycles. The third-order valence-electron chi connectivity index (χ3n) is 2.42. The predicted molar refractivity (Wildman–Crippen MR) is 62.8 cm³/mol. The van der Waals surface area contributed by atoms with Crippen LogP contribution in [0.25, 0.3) is 0 Å². The normalized spacial score (nSPS) is 9.93. The number of hydrogen-bond donors (Lipinski definition) is 0. The van der Waals surface area contributed by atoms with Gasteiger partial charge in [0.15, 0.2) is 0 Å². The zero-order valence-corrected chi connectivity index (χ0v) is 9.76. The molecule has 0 N–H and O–H groups in total. The van der Waals surface area contributed by atoms with Crippen LogP contribution in [0, 0.1) is 0 Å². The molecule has 0 fully saturated rings. The Morgan fingerprint density at radius 3 is 2.07 bits per heavy atom. The molecule has 0 aromatic heterocycles. The number of rotatable bonds is 10. The van der Waals surface area contributed by atoms with Crippen LogP contribution in [0.1, 0.15) is 58.3 Å². The van der Waals surface area contributed by atoms with Crippen LogP contribution in [0.4, 0.5) is 0 Å². The van der Waals surface area contributed by atoms with E-state index in [1.807, 2.05) is 13.0 Å². The summed E-state index contributed by atoms with van der Waals surface area (Å²) in [5.74, 6) is 0.620. The Morgan fingerprint density at radius 1 is 1.00 bits per heavy atom. The Hall–Kier alpha value is -0.920. The highest BCUT2D eigenvalue weighted by molar-refractivity contribution is 5.79.